The first kappa shape index (κ1) is 12.5. The Morgan fingerprint density at radius 3 is 2.44 bits per heavy atom. The van der Waals surface area contributed by atoms with E-state index in [1.54, 1.807) is 7.11 Å². The highest BCUT2D eigenvalue weighted by molar-refractivity contribution is 5.49. The van der Waals surface area contributed by atoms with Crippen molar-refractivity contribution in [3.8, 4) is 5.75 Å². The van der Waals surface area contributed by atoms with Crippen molar-refractivity contribution in [3.63, 3.8) is 0 Å². The monoisotopic (exact) mass is 241 g/mol. The molecule has 0 fully saturated rings. The number of methoxy groups -OCH3 is 1. The molecule has 0 bridgehead atoms. The van der Waals surface area contributed by atoms with E-state index >= 15 is 0 Å². The first-order chi connectivity index (χ1) is 8.69. The van der Waals surface area contributed by atoms with E-state index in [1.165, 1.54) is 11.1 Å². The molecule has 0 unspecified atom stereocenters. The van der Waals surface area contributed by atoms with Crippen LogP contribution >= 0.6 is 0 Å². The largest absolute Gasteiger partial charge is 0.497 e. The fraction of sp³-hybridized carbons (Fsp3) is 0.250. The standard InChI is InChI=1S/C16H19NO/c1-12-7-9-14(10-8-12)13(2)17-15-5-4-6-16(11-15)18-3/h4-11,13,17H,1-3H3/t13-/m0/s1. The van der Waals surface area contributed by atoms with Gasteiger partial charge in [0.2, 0.25) is 0 Å². The molecular formula is C16H19NO. The SMILES string of the molecule is COc1cccc(N[C@@H](C)c2ccc(C)cc2)c1. The molecule has 0 spiro atoms. The van der Waals surface area contributed by atoms with Crippen LogP contribution in [0.15, 0.2) is 48.5 Å². The molecule has 0 radical (unpaired) electrons. The van der Waals surface area contributed by atoms with Crippen LogP contribution < -0.4 is 10.1 Å². The smallest absolute Gasteiger partial charge is 0.120 e. The Morgan fingerprint density at radius 2 is 1.78 bits per heavy atom. The second-order valence-electron chi connectivity index (χ2n) is 4.51. The number of nitrogens with one attached hydrogen (secondary N) is 1. The lowest BCUT2D eigenvalue weighted by molar-refractivity contribution is 0.415. The van der Waals surface area contributed by atoms with Crippen molar-refractivity contribution in [1.82, 2.24) is 0 Å². The quantitative estimate of drug-likeness (QED) is 0.867. The molecule has 0 aliphatic heterocycles. The zero-order chi connectivity index (χ0) is 13.0. The molecule has 0 saturated heterocycles. The van der Waals surface area contributed by atoms with E-state index in [2.05, 4.69) is 43.4 Å². The Labute approximate surface area is 109 Å². The number of aryl methyl sites for hydroxylation is 1. The molecule has 1 N–H and O–H groups in total. The van der Waals surface area contributed by atoms with Crippen molar-refractivity contribution in [2.45, 2.75) is 19.9 Å². The van der Waals surface area contributed by atoms with Crippen molar-refractivity contribution in [3.05, 3.63) is 59.7 Å². The van der Waals surface area contributed by atoms with E-state index < -0.39 is 0 Å². The molecule has 2 heteroatoms. The van der Waals surface area contributed by atoms with Gasteiger partial charge in [-0.2, -0.15) is 0 Å². The van der Waals surface area contributed by atoms with Gasteiger partial charge in [0, 0.05) is 17.8 Å². The zero-order valence-electron chi connectivity index (χ0n) is 11.1. The van der Waals surface area contributed by atoms with Crippen LogP contribution in [0.25, 0.3) is 0 Å². The summed E-state index contributed by atoms with van der Waals surface area (Å²) < 4.78 is 5.22. The van der Waals surface area contributed by atoms with Crippen molar-refractivity contribution in [2.75, 3.05) is 12.4 Å². The Bertz CT molecular complexity index is 505. The van der Waals surface area contributed by atoms with Crippen LogP contribution in [0.5, 0.6) is 5.75 Å². The van der Waals surface area contributed by atoms with Crippen LogP contribution in [0.2, 0.25) is 0 Å². The average Bonchev–Trinajstić information content (AvgIpc) is 2.39. The number of anilines is 1. The normalized spacial score (nSPS) is 11.9. The summed E-state index contributed by atoms with van der Waals surface area (Å²) in [6, 6.07) is 16.9. The third-order valence-corrected chi connectivity index (χ3v) is 3.03. The second-order valence-corrected chi connectivity index (χ2v) is 4.51. The van der Waals surface area contributed by atoms with Gasteiger partial charge in [0.25, 0.3) is 0 Å². The minimum Gasteiger partial charge on any atom is -0.497 e. The third kappa shape index (κ3) is 3.04. The van der Waals surface area contributed by atoms with E-state index in [-0.39, 0.29) is 6.04 Å². The molecule has 18 heavy (non-hydrogen) atoms. The molecule has 0 heterocycles. The summed E-state index contributed by atoms with van der Waals surface area (Å²) in [6.07, 6.45) is 0. The minimum absolute atomic E-state index is 0.276. The number of ether oxygens (including phenoxy) is 1. The Morgan fingerprint density at radius 1 is 1.06 bits per heavy atom. The van der Waals surface area contributed by atoms with Crippen molar-refractivity contribution < 1.29 is 4.74 Å². The van der Waals surface area contributed by atoms with Gasteiger partial charge in [-0.3, -0.25) is 0 Å². The maximum absolute atomic E-state index is 5.22. The molecule has 0 saturated carbocycles. The molecule has 2 aromatic carbocycles. The van der Waals surface area contributed by atoms with Gasteiger partial charge in [-0.15, -0.1) is 0 Å². The highest BCUT2D eigenvalue weighted by Crippen LogP contribution is 2.22. The predicted molar refractivity (Wildman–Crippen MR) is 76.2 cm³/mol. The molecular weight excluding hydrogens is 222 g/mol. The third-order valence-electron chi connectivity index (χ3n) is 3.03. The van der Waals surface area contributed by atoms with E-state index in [1.807, 2.05) is 24.3 Å². The van der Waals surface area contributed by atoms with Gasteiger partial charge >= 0.3 is 0 Å². The van der Waals surface area contributed by atoms with Crippen molar-refractivity contribution in [2.24, 2.45) is 0 Å². The summed E-state index contributed by atoms with van der Waals surface area (Å²) in [7, 11) is 1.68. The Balaban J connectivity index is 2.10. The summed E-state index contributed by atoms with van der Waals surface area (Å²) in [5, 5.41) is 3.47. The highest BCUT2D eigenvalue weighted by Gasteiger charge is 2.05. The fourth-order valence-corrected chi connectivity index (χ4v) is 1.90. The van der Waals surface area contributed by atoms with Gasteiger partial charge < -0.3 is 10.1 Å². The van der Waals surface area contributed by atoms with Crippen LogP contribution in [0, 0.1) is 6.92 Å². The van der Waals surface area contributed by atoms with Crippen LogP contribution in [-0.4, -0.2) is 7.11 Å². The highest BCUT2D eigenvalue weighted by atomic mass is 16.5. The summed E-state index contributed by atoms with van der Waals surface area (Å²) in [4.78, 5) is 0. The maximum atomic E-state index is 5.22. The second kappa shape index (κ2) is 5.58. The lowest BCUT2D eigenvalue weighted by atomic mass is 10.1. The summed E-state index contributed by atoms with van der Waals surface area (Å²) in [5.41, 5.74) is 3.64. The van der Waals surface area contributed by atoms with Gasteiger partial charge in [0.1, 0.15) is 5.75 Å². The van der Waals surface area contributed by atoms with E-state index in [0.717, 1.165) is 11.4 Å². The van der Waals surface area contributed by atoms with E-state index in [9.17, 15) is 0 Å². The van der Waals surface area contributed by atoms with Crippen LogP contribution in [0.1, 0.15) is 24.1 Å². The molecule has 0 aliphatic carbocycles. The number of hydrogen-bond donors (Lipinski definition) is 1. The average molecular weight is 241 g/mol. The van der Waals surface area contributed by atoms with Crippen LogP contribution in [-0.2, 0) is 0 Å². The maximum Gasteiger partial charge on any atom is 0.120 e. The molecule has 2 aromatic rings. The number of benzene rings is 2. The first-order valence-electron chi connectivity index (χ1n) is 6.16. The van der Waals surface area contributed by atoms with E-state index in [0.29, 0.717) is 0 Å². The van der Waals surface area contributed by atoms with Gasteiger partial charge in [0.05, 0.1) is 7.11 Å². The molecule has 94 valence electrons. The molecule has 0 aromatic heterocycles. The number of hydrogen-bond acceptors (Lipinski definition) is 2. The minimum atomic E-state index is 0.276. The van der Waals surface area contributed by atoms with Crippen LogP contribution in [0.4, 0.5) is 5.69 Å². The van der Waals surface area contributed by atoms with Gasteiger partial charge in [-0.25, -0.2) is 0 Å². The summed E-state index contributed by atoms with van der Waals surface area (Å²) in [6.45, 7) is 4.26. The van der Waals surface area contributed by atoms with Crippen molar-refractivity contribution in [1.29, 1.82) is 0 Å². The fourth-order valence-electron chi connectivity index (χ4n) is 1.90. The molecule has 0 amide bonds. The van der Waals surface area contributed by atoms with E-state index in [4.69, 9.17) is 4.74 Å². The van der Waals surface area contributed by atoms with Gasteiger partial charge in [0.15, 0.2) is 0 Å². The van der Waals surface area contributed by atoms with Crippen molar-refractivity contribution >= 4 is 5.69 Å². The number of rotatable bonds is 4. The Kier molecular flexibility index (Phi) is 3.88. The molecule has 2 nitrogen and oxygen atoms in total. The summed E-state index contributed by atoms with van der Waals surface area (Å²) >= 11 is 0. The lowest BCUT2D eigenvalue weighted by Gasteiger charge is -2.16. The molecule has 2 rings (SSSR count). The lowest BCUT2D eigenvalue weighted by Crippen LogP contribution is -2.06. The van der Waals surface area contributed by atoms with Gasteiger partial charge in [-0.1, -0.05) is 35.9 Å². The zero-order valence-corrected chi connectivity index (χ0v) is 11.1. The van der Waals surface area contributed by atoms with Crippen LogP contribution in [0.3, 0.4) is 0 Å². The summed E-state index contributed by atoms with van der Waals surface area (Å²) in [5.74, 6) is 0.871. The molecule has 0 aliphatic rings. The predicted octanol–water partition coefficient (Wildman–Crippen LogP) is 4.18. The molecule has 1 atom stereocenters. The Hall–Kier alpha value is -1.96. The first-order valence-corrected chi connectivity index (χ1v) is 6.16. The van der Waals surface area contributed by atoms with Gasteiger partial charge in [-0.05, 0) is 31.5 Å². The topological polar surface area (TPSA) is 21.3 Å².